The number of fused-ring (bicyclic) bond motifs is 1. The molecular formula is C21H16N4O2S2. The molecule has 2 heterocycles. The predicted octanol–water partition coefficient (Wildman–Crippen LogP) is 4.22. The molecule has 0 radical (unpaired) electrons. The highest BCUT2D eigenvalue weighted by Crippen LogP contribution is 2.23. The number of hydrogen-bond acceptors (Lipinski definition) is 6. The number of hydrazone groups is 1. The Kier molecular flexibility index (Phi) is 5.55. The van der Waals surface area contributed by atoms with Crippen LogP contribution in [-0.2, 0) is 0 Å². The van der Waals surface area contributed by atoms with Crippen LogP contribution in [0.3, 0.4) is 0 Å². The standard InChI is InChI=1S/C21H16N4O2S2/c1-29-21(28)23-22-12-15-13-25(16-8-3-2-4-9-16)24-19(15)17-11-14-7-5-6-10-18(14)27-20(17)26/h2-13H,1H3,(H,23,28)/b22-12+. The minimum absolute atomic E-state index is 0.368. The molecule has 0 amide bonds. The van der Waals surface area contributed by atoms with Crippen molar-refractivity contribution in [2.24, 2.45) is 5.10 Å². The maximum absolute atomic E-state index is 12.7. The van der Waals surface area contributed by atoms with Gasteiger partial charge in [-0.1, -0.05) is 60.4 Å². The third-order valence-corrected chi connectivity index (χ3v) is 5.26. The molecule has 0 saturated heterocycles. The fourth-order valence-corrected chi connectivity index (χ4v) is 3.03. The van der Waals surface area contributed by atoms with Crippen LogP contribution < -0.4 is 11.1 Å². The van der Waals surface area contributed by atoms with Crippen molar-refractivity contribution >= 4 is 45.5 Å². The van der Waals surface area contributed by atoms with Crippen molar-refractivity contribution in [1.29, 1.82) is 0 Å². The number of rotatable bonds is 4. The van der Waals surface area contributed by atoms with Gasteiger partial charge in [0.05, 0.1) is 17.5 Å². The Morgan fingerprint density at radius 3 is 2.76 bits per heavy atom. The summed E-state index contributed by atoms with van der Waals surface area (Å²) in [4.78, 5) is 12.7. The molecule has 0 unspecified atom stereocenters. The summed E-state index contributed by atoms with van der Waals surface area (Å²) >= 11 is 6.49. The van der Waals surface area contributed by atoms with Crippen LogP contribution in [0.15, 0.2) is 81.2 Å². The molecule has 2 aromatic carbocycles. The van der Waals surface area contributed by atoms with Crippen LogP contribution in [0.1, 0.15) is 5.56 Å². The largest absolute Gasteiger partial charge is 0.422 e. The van der Waals surface area contributed by atoms with Crippen molar-refractivity contribution in [2.75, 3.05) is 6.26 Å². The van der Waals surface area contributed by atoms with Gasteiger partial charge in [0.15, 0.2) is 4.32 Å². The van der Waals surface area contributed by atoms with Crippen LogP contribution in [0.5, 0.6) is 0 Å². The van der Waals surface area contributed by atoms with E-state index >= 15 is 0 Å². The lowest BCUT2D eigenvalue weighted by molar-refractivity contribution is 0.563. The van der Waals surface area contributed by atoms with Gasteiger partial charge in [0.2, 0.25) is 0 Å². The second-order valence-corrected chi connectivity index (χ2v) is 7.54. The van der Waals surface area contributed by atoms with Gasteiger partial charge in [-0.15, -0.1) is 0 Å². The maximum Gasteiger partial charge on any atom is 0.345 e. The fourth-order valence-electron chi connectivity index (χ4n) is 2.83. The van der Waals surface area contributed by atoms with E-state index in [0.717, 1.165) is 11.1 Å². The van der Waals surface area contributed by atoms with Crippen LogP contribution in [0.25, 0.3) is 27.9 Å². The smallest absolute Gasteiger partial charge is 0.345 e. The average molecular weight is 421 g/mol. The third-order valence-electron chi connectivity index (χ3n) is 4.20. The van der Waals surface area contributed by atoms with Crippen molar-refractivity contribution in [2.45, 2.75) is 0 Å². The number of thiocarbonyl (C=S) groups is 1. The highest BCUT2D eigenvalue weighted by Gasteiger charge is 2.16. The van der Waals surface area contributed by atoms with E-state index in [1.54, 1.807) is 23.0 Å². The topological polar surface area (TPSA) is 72.4 Å². The highest BCUT2D eigenvalue weighted by molar-refractivity contribution is 8.22. The van der Waals surface area contributed by atoms with Gasteiger partial charge >= 0.3 is 5.63 Å². The highest BCUT2D eigenvalue weighted by atomic mass is 32.2. The van der Waals surface area contributed by atoms with Gasteiger partial charge < -0.3 is 4.42 Å². The van der Waals surface area contributed by atoms with Gasteiger partial charge in [0, 0.05) is 17.1 Å². The lowest BCUT2D eigenvalue weighted by Gasteiger charge is -2.01. The van der Waals surface area contributed by atoms with Crippen LogP contribution in [0.4, 0.5) is 0 Å². The quantitative estimate of drug-likeness (QED) is 0.231. The zero-order valence-electron chi connectivity index (χ0n) is 15.4. The van der Waals surface area contributed by atoms with E-state index in [-0.39, 0.29) is 0 Å². The normalized spacial score (nSPS) is 11.2. The van der Waals surface area contributed by atoms with Gasteiger partial charge in [-0.2, -0.15) is 10.2 Å². The molecule has 1 N–H and O–H groups in total. The summed E-state index contributed by atoms with van der Waals surface area (Å²) in [6.45, 7) is 0. The molecule has 0 fully saturated rings. The van der Waals surface area contributed by atoms with Gasteiger partial charge in [-0.05, 0) is 30.5 Å². The Hall–Kier alpha value is -3.23. The first-order valence-electron chi connectivity index (χ1n) is 8.71. The molecule has 0 bridgehead atoms. The summed E-state index contributed by atoms with van der Waals surface area (Å²) in [7, 11) is 0. The Labute approximate surface area is 176 Å². The number of hydrogen-bond donors (Lipinski definition) is 1. The number of benzene rings is 2. The molecule has 144 valence electrons. The zero-order chi connectivity index (χ0) is 20.2. The average Bonchev–Trinajstić information content (AvgIpc) is 3.17. The maximum atomic E-state index is 12.7. The monoisotopic (exact) mass is 420 g/mol. The number of nitrogens with one attached hydrogen (secondary N) is 1. The summed E-state index contributed by atoms with van der Waals surface area (Å²) in [5, 5.41) is 9.63. The summed E-state index contributed by atoms with van der Waals surface area (Å²) in [6, 6.07) is 18.8. The zero-order valence-corrected chi connectivity index (χ0v) is 17.0. The molecule has 0 aliphatic rings. The Bertz CT molecular complexity index is 1260. The first-order chi connectivity index (χ1) is 14.2. The van der Waals surface area contributed by atoms with Crippen molar-refractivity contribution in [1.82, 2.24) is 15.2 Å². The predicted molar refractivity (Wildman–Crippen MR) is 122 cm³/mol. The van der Waals surface area contributed by atoms with Crippen molar-refractivity contribution < 1.29 is 4.42 Å². The summed E-state index contributed by atoms with van der Waals surface area (Å²) < 4.78 is 7.74. The number of nitrogens with zero attached hydrogens (tertiary/aromatic N) is 3. The van der Waals surface area contributed by atoms with E-state index < -0.39 is 5.63 Å². The van der Waals surface area contributed by atoms with E-state index in [2.05, 4.69) is 15.6 Å². The van der Waals surface area contributed by atoms with Crippen LogP contribution in [-0.4, -0.2) is 26.6 Å². The number of thioether (sulfide) groups is 1. The Morgan fingerprint density at radius 2 is 1.97 bits per heavy atom. The van der Waals surface area contributed by atoms with E-state index in [9.17, 15) is 4.79 Å². The molecule has 0 aliphatic carbocycles. The van der Waals surface area contributed by atoms with Crippen molar-refractivity contribution in [3.63, 3.8) is 0 Å². The van der Waals surface area contributed by atoms with E-state index in [0.29, 0.717) is 26.7 Å². The summed E-state index contributed by atoms with van der Waals surface area (Å²) in [5.74, 6) is 0. The molecule has 2 aromatic heterocycles. The molecule has 0 saturated carbocycles. The van der Waals surface area contributed by atoms with Crippen LogP contribution in [0.2, 0.25) is 0 Å². The molecule has 29 heavy (non-hydrogen) atoms. The summed E-state index contributed by atoms with van der Waals surface area (Å²) in [5.41, 5.74) is 5.23. The fraction of sp³-hybridized carbons (Fsp3) is 0.0476. The van der Waals surface area contributed by atoms with E-state index in [1.165, 1.54) is 11.8 Å². The first-order valence-corrected chi connectivity index (χ1v) is 10.3. The van der Waals surface area contributed by atoms with Crippen LogP contribution >= 0.6 is 24.0 Å². The Morgan fingerprint density at radius 1 is 1.21 bits per heavy atom. The summed E-state index contributed by atoms with van der Waals surface area (Å²) in [6.07, 6.45) is 5.27. The second kappa shape index (κ2) is 8.42. The van der Waals surface area contributed by atoms with Gasteiger partial charge in [0.25, 0.3) is 0 Å². The first kappa shape index (κ1) is 19.1. The third kappa shape index (κ3) is 4.13. The molecule has 0 spiro atoms. The molecule has 6 nitrogen and oxygen atoms in total. The van der Waals surface area contributed by atoms with Gasteiger partial charge in [-0.3, -0.25) is 5.43 Å². The molecule has 4 aromatic rings. The Balaban J connectivity index is 1.85. The van der Waals surface area contributed by atoms with E-state index in [4.69, 9.17) is 16.6 Å². The number of aromatic nitrogens is 2. The molecule has 4 rings (SSSR count). The lowest BCUT2D eigenvalue weighted by Crippen LogP contribution is -2.10. The molecule has 8 heteroatoms. The van der Waals surface area contributed by atoms with Crippen LogP contribution in [0, 0.1) is 0 Å². The molecular weight excluding hydrogens is 404 g/mol. The molecule has 0 atom stereocenters. The minimum Gasteiger partial charge on any atom is -0.422 e. The van der Waals surface area contributed by atoms with Crippen molar-refractivity contribution in [3.05, 3.63) is 82.8 Å². The van der Waals surface area contributed by atoms with Gasteiger partial charge in [-0.25, -0.2) is 9.48 Å². The SMILES string of the molecule is CSC(=S)N/N=C/c1cn(-c2ccccc2)nc1-c1cc2ccccc2oc1=O. The number of para-hydroxylation sites is 2. The van der Waals surface area contributed by atoms with E-state index in [1.807, 2.05) is 61.0 Å². The van der Waals surface area contributed by atoms with Crippen molar-refractivity contribution in [3.8, 4) is 16.9 Å². The van der Waals surface area contributed by atoms with Gasteiger partial charge in [0.1, 0.15) is 11.3 Å². The second-order valence-electron chi connectivity index (χ2n) is 6.06. The minimum atomic E-state index is -0.454. The molecule has 0 aliphatic heterocycles. The lowest BCUT2D eigenvalue weighted by atomic mass is 10.1.